The molecule has 1 atom stereocenters. The van der Waals surface area contributed by atoms with Gasteiger partial charge in [0.1, 0.15) is 6.04 Å². The first-order valence-electron chi connectivity index (χ1n) is 6.55. The van der Waals surface area contributed by atoms with Crippen LogP contribution >= 0.6 is 11.6 Å². The van der Waals surface area contributed by atoms with Gasteiger partial charge in [0.2, 0.25) is 5.91 Å². The van der Waals surface area contributed by atoms with E-state index in [1.807, 2.05) is 13.8 Å². The quantitative estimate of drug-likeness (QED) is 0.815. The number of hydrogen-bond acceptors (Lipinski definition) is 3. The summed E-state index contributed by atoms with van der Waals surface area (Å²) in [6, 6.07) is 4.22. The van der Waals surface area contributed by atoms with E-state index in [2.05, 4.69) is 5.32 Å². The van der Waals surface area contributed by atoms with Crippen molar-refractivity contribution in [3.8, 4) is 0 Å². The van der Waals surface area contributed by atoms with Gasteiger partial charge in [-0.2, -0.15) is 0 Å². The summed E-state index contributed by atoms with van der Waals surface area (Å²) in [6.07, 6.45) is 0. The topological polar surface area (TPSA) is 75.4 Å². The Morgan fingerprint density at radius 3 is 2.45 bits per heavy atom. The normalized spacial score (nSPS) is 11.8. The molecule has 1 aromatic carbocycles. The number of carbonyl (C=O) groups excluding carboxylic acids is 2. The van der Waals surface area contributed by atoms with Gasteiger partial charge in [0.15, 0.2) is 0 Å². The molecule has 0 saturated carbocycles. The molecule has 2 amide bonds. The standard InChI is InChI=1S/C14H20ClN3O2/c1-4-18(5-2)14(20)9(3)17-13(19)12-10(15)7-6-8-11(12)16/h6-9H,4-5,16H2,1-3H3,(H,17,19). The number of nitrogens with one attached hydrogen (secondary N) is 1. The average molecular weight is 298 g/mol. The van der Waals surface area contributed by atoms with Gasteiger partial charge in [-0.3, -0.25) is 9.59 Å². The van der Waals surface area contributed by atoms with Crippen LogP contribution in [0.5, 0.6) is 0 Å². The third-order valence-corrected chi connectivity index (χ3v) is 3.38. The van der Waals surface area contributed by atoms with E-state index in [4.69, 9.17) is 17.3 Å². The van der Waals surface area contributed by atoms with Crippen molar-refractivity contribution in [2.24, 2.45) is 0 Å². The summed E-state index contributed by atoms with van der Waals surface area (Å²) in [5.41, 5.74) is 6.24. The zero-order valence-corrected chi connectivity index (χ0v) is 12.7. The van der Waals surface area contributed by atoms with E-state index in [1.54, 1.807) is 30.0 Å². The molecule has 1 aromatic rings. The van der Waals surface area contributed by atoms with Gasteiger partial charge < -0.3 is 16.0 Å². The number of nitrogen functional groups attached to an aromatic ring is 1. The van der Waals surface area contributed by atoms with Gasteiger partial charge in [0.05, 0.1) is 10.6 Å². The monoisotopic (exact) mass is 297 g/mol. The van der Waals surface area contributed by atoms with Crippen LogP contribution in [0.15, 0.2) is 18.2 Å². The lowest BCUT2D eigenvalue weighted by Crippen LogP contribution is -2.47. The van der Waals surface area contributed by atoms with Gasteiger partial charge in [-0.1, -0.05) is 17.7 Å². The SMILES string of the molecule is CCN(CC)C(=O)C(C)NC(=O)c1c(N)cccc1Cl. The van der Waals surface area contributed by atoms with Gasteiger partial charge in [0, 0.05) is 18.8 Å². The van der Waals surface area contributed by atoms with Crippen molar-refractivity contribution in [1.29, 1.82) is 0 Å². The van der Waals surface area contributed by atoms with Crippen molar-refractivity contribution in [3.05, 3.63) is 28.8 Å². The van der Waals surface area contributed by atoms with E-state index in [-0.39, 0.29) is 22.2 Å². The number of nitrogens with two attached hydrogens (primary N) is 1. The minimum absolute atomic E-state index is 0.131. The third kappa shape index (κ3) is 3.63. The zero-order chi connectivity index (χ0) is 15.3. The molecule has 110 valence electrons. The summed E-state index contributed by atoms with van der Waals surface area (Å²) in [5.74, 6) is -0.574. The maximum atomic E-state index is 12.2. The molecule has 0 bridgehead atoms. The Bertz CT molecular complexity index is 481. The molecule has 0 fully saturated rings. The smallest absolute Gasteiger partial charge is 0.255 e. The molecular formula is C14H20ClN3O2. The lowest BCUT2D eigenvalue weighted by atomic mass is 10.1. The Kier molecular flexibility index (Phi) is 5.82. The summed E-state index contributed by atoms with van der Waals surface area (Å²) < 4.78 is 0. The van der Waals surface area contributed by atoms with Crippen molar-refractivity contribution in [3.63, 3.8) is 0 Å². The fourth-order valence-electron chi connectivity index (χ4n) is 1.92. The molecule has 1 rings (SSSR count). The molecule has 0 saturated heterocycles. The molecule has 0 spiro atoms. The summed E-state index contributed by atoms with van der Waals surface area (Å²) >= 11 is 5.97. The number of halogens is 1. The molecule has 3 N–H and O–H groups in total. The predicted molar refractivity (Wildman–Crippen MR) is 80.7 cm³/mol. The summed E-state index contributed by atoms with van der Waals surface area (Å²) in [7, 11) is 0. The lowest BCUT2D eigenvalue weighted by molar-refractivity contribution is -0.132. The molecule has 0 aromatic heterocycles. The van der Waals surface area contributed by atoms with E-state index in [1.165, 1.54) is 0 Å². The largest absolute Gasteiger partial charge is 0.398 e. The van der Waals surface area contributed by atoms with Gasteiger partial charge in [-0.05, 0) is 32.9 Å². The highest BCUT2D eigenvalue weighted by Crippen LogP contribution is 2.21. The van der Waals surface area contributed by atoms with Crippen LogP contribution < -0.4 is 11.1 Å². The van der Waals surface area contributed by atoms with Crippen molar-refractivity contribution in [2.45, 2.75) is 26.8 Å². The summed E-state index contributed by atoms with van der Waals surface area (Å²) in [6.45, 7) is 6.63. The molecule has 5 nitrogen and oxygen atoms in total. The van der Waals surface area contributed by atoms with Crippen LogP contribution in [0.25, 0.3) is 0 Å². The number of hydrogen-bond donors (Lipinski definition) is 2. The van der Waals surface area contributed by atoms with Gasteiger partial charge in [0.25, 0.3) is 5.91 Å². The number of anilines is 1. The van der Waals surface area contributed by atoms with E-state index in [0.717, 1.165) is 0 Å². The molecule has 0 aliphatic rings. The van der Waals surface area contributed by atoms with Crippen LogP contribution in [0.4, 0.5) is 5.69 Å². The highest BCUT2D eigenvalue weighted by atomic mass is 35.5. The average Bonchev–Trinajstić information content (AvgIpc) is 2.39. The molecule has 6 heteroatoms. The maximum Gasteiger partial charge on any atom is 0.255 e. The van der Waals surface area contributed by atoms with Crippen LogP contribution in [-0.4, -0.2) is 35.8 Å². The van der Waals surface area contributed by atoms with Crippen LogP contribution in [0.1, 0.15) is 31.1 Å². The molecular weight excluding hydrogens is 278 g/mol. The Balaban J connectivity index is 2.83. The first-order chi connectivity index (χ1) is 9.42. The number of carbonyl (C=O) groups is 2. The highest BCUT2D eigenvalue weighted by Gasteiger charge is 2.22. The number of amides is 2. The third-order valence-electron chi connectivity index (χ3n) is 3.07. The lowest BCUT2D eigenvalue weighted by Gasteiger charge is -2.23. The first kappa shape index (κ1) is 16.3. The number of nitrogens with zero attached hydrogens (tertiary/aromatic N) is 1. The predicted octanol–water partition coefficient (Wildman–Crippen LogP) is 1.91. The van der Waals surface area contributed by atoms with E-state index in [9.17, 15) is 9.59 Å². The van der Waals surface area contributed by atoms with Crippen molar-refractivity contribution >= 4 is 29.1 Å². The van der Waals surface area contributed by atoms with Crippen molar-refractivity contribution in [1.82, 2.24) is 10.2 Å². The minimum Gasteiger partial charge on any atom is -0.398 e. The van der Waals surface area contributed by atoms with Crippen molar-refractivity contribution < 1.29 is 9.59 Å². The van der Waals surface area contributed by atoms with Gasteiger partial charge in [-0.25, -0.2) is 0 Å². The molecule has 0 heterocycles. The fourth-order valence-corrected chi connectivity index (χ4v) is 2.19. The minimum atomic E-state index is -0.627. The second kappa shape index (κ2) is 7.14. The van der Waals surface area contributed by atoms with Crippen LogP contribution in [-0.2, 0) is 4.79 Å². The molecule has 20 heavy (non-hydrogen) atoms. The molecule has 0 radical (unpaired) electrons. The zero-order valence-electron chi connectivity index (χ0n) is 11.9. The number of rotatable bonds is 5. The second-order valence-corrected chi connectivity index (χ2v) is 4.82. The fraction of sp³-hybridized carbons (Fsp3) is 0.429. The van der Waals surface area contributed by atoms with Gasteiger partial charge in [-0.15, -0.1) is 0 Å². The van der Waals surface area contributed by atoms with Crippen LogP contribution in [0.3, 0.4) is 0 Å². The van der Waals surface area contributed by atoms with E-state index in [0.29, 0.717) is 13.1 Å². The maximum absolute atomic E-state index is 12.2. The van der Waals surface area contributed by atoms with Crippen LogP contribution in [0, 0.1) is 0 Å². The summed E-state index contributed by atoms with van der Waals surface area (Å²) in [5, 5.41) is 2.90. The second-order valence-electron chi connectivity index (χ2n) is 4.41. The molecule has 0 aliphatic heterocycles. The first-order valence-corrected chi connectivity index (χ1v) is 6.93. The molecule has 0 aliphatic carbocycles. The van der Waals surface area contributed by atoms with Gasteiger partial charge >= 0.3 is 0 Å². The molecule has 1 unspecified atom stereocenters. The summed E-state index contributed by atoms with van der Waals surface area (Å²) in [4.78, 5) is 25.9. The Morgan fingerprint density at radius 1 is 1.35 bits per heavy atom. The Hall–Kier alpha value is -1.75. The number of likely N-dealkylation sites (N-methyl/N-ethyl adjacent to an activating group) is 1. The number of benzene rings is 1. The van der Waals surface area contributed by atoms with E-state index >= 15 is 0 Å². The van der Waals surface area contributed by atoms with Crippen molar-refractivity contribution in [2.75, 3.05) is 18.8 Å². The highest BCUT2D eigenvalue weighted by molar-refractivity contribution is 6.34. The van der Waals surface area contributed by atoms with E-state index < -0.39 is 11.9 Å². The van der Waals surface area contributed by atoms with Crippen LogP contribution in [0.2, 0.25) is 5.02 Å². The Labute approximate surface area is 124 Å². The Morgan fingerprint density at radius 2 is 1.95 bits per heavy atom.